The highest BCUT2D eigenvalue weighted by atomic mass is 79.9. The maximum Gasteiger partial charge on any atom is 0.303 e. The summed E-state index contributed by atoms with van der Waals surface area (Å²) in [5.41, 5.74) is 6.12. The van der Waals surface area contributed by atoms with Gasteiger partial charge >= 0.3 is 11.9 Å². The first-order valence-electron chi connectivity index (χ1n) is 8.06. The molecule has 0 spiro atoms. The minimum atomic E-state index is -1.83. The van der Waals surface area contributed by atoms with E-state index in [1.54, 1.807) is 0 Å². The van der Waals surface area contributed by atoms with Crippen LogP contribution in [0.25, 0.3) is 11.0 Å². The second-order valence-electron chi connectivity index (χ2n) is 5.99. The first kappa shape index (κ1) is 20.0. The van der Waals surface area contributed by atoms with Gasteiger partial charge in [-0.3, -0.25) is 14.2 Å². The maximum absolute atomic E-state index is 15.3. The Morgan fingerprint density at radius 1 is 1.43 bits per heavy atom. The number of anilines is 1. The summed E-state index contributed by atoms with van der Waals surface area (Å²) < 4.78 is 32.4. The molecule has 4 atom stereocenters. The van der Waals surface area contributed by atoms with Gasteiger partial charge in [0.2, 0.25) is 0 Å². The standard InChI is InChI=1S/C16H15BrFN5O5/c1-6(24)26-4-9-12(27-7(2)25)11(18)16(28-9)23-13(17)8(3-19)10-14(20)21-5-22-15(10)23/h5,9,11-12,16H,4H2,1-2H3,(H2,20,21,22)/t9-,11+,12-,16-/m1/s1. The molecule has 0 amide bonds. The number of nitrogens with zero attached hydrogens (tertiary/aromatic N) is 4. The number of alkyl halides is 1. The Morgan fingerprint density at radius 3 is 2.75 bits per heavy atom. The predicted octanol–water partition coefficient (Wildman–Crippen LogP) is 1.38. The van der Waals surface area contributed by atoms with E-state index in [0.717, 1.165) is 6.92 Å². The Morgan fingerprint density at radius 2 is 2.14 bits per heavy atom. The summed E-state index contributed by atoms with van der Waals surface area (Å²) in [4.78, 5) is 30.5. The van der Waals surface area contributed by atoms with Crippen LogP contribution in [0.3, 0.4) is 0 Å². The molecule has 2 N–H and O–H groups in total. The van der Waals surface area contributed by atoms with E-state index in [2.05, 4.69) is 25.9 Å². The number of esters is 2. The minimum Gasteiger partial charge on any atom is -0.463 e. The fraction of sp³-hybridized carbons (Fsp3) is 0.438. The number of rotatable bonds is 4. The largest absolute Gasteiger partial charge is 0.463 e. The summed E-state index contributed by atoms with van der Waals surface area (Å²) >= 11 is 3.26. The SMILES string of the molecule is CC(=O)OC[C@H]1O[C@@H](n2c(Br)c(C#N)c3c(N)ncnc32)[C@@H](F)[C@@H]1OC(C)=O. The van der Waals surface area contributed by atoms with E-state index >= 15 is 4.39 Å². The molecule has 3 heterocycles. The lowest BCUT2D eigenvalue weighted by molar-refractivity contribution is -0.156. The number of carbonyl (C=O) groups excluding carboxylic acids is 2. The number of nitrogen functional groups attached to an aromatic ring is 1. The topological polar surface area (TPSA) is 142 Å². The number of halogens is 2. The van der Waals surface area contributed by atoms with Crippen molar-refractivity contribution in [3.63, 3.8) is 0 Å². The van der Waals surface area contributed by atoms with Gasteiger partial charge in [-0.05, 0) is 15.9 Å². The lowest BCUT2D eigenvalue weighted by Gasteiger charge is -2.18. The average molecular weight is 456 g/mol. The van der Waals surface area contributed by atoms with Crippen LogP contribution in [-0.4, -0.2) is 51.5 Å². The van der Waals surface area contributed by atoms with Crippen LogP contribution in [-0.2, 0) is 23.8 Å². The monoisotopic (exact) mass is 455 g/mol. The van der Waals surface area contributed by atoms with Crippen LogP contribution in [0, 0.1) is 11.3 Å². The van der Waals surface area contributed by atoms with Crippen molar-refractivity contribution in [1.29, 1.82) is 5.26 Å². The van der Waals surface area contributed by atoms with E-state index in [0.29, 0.717) is 0 Å². The zero-order valence-electron chi connectivity index (χ0n) is 14.8. The van der Waals surface area contributed by atoms with Crippen LogP contribution in [0.5, 0.6) is 0 Å². The van der Waals surface area contributed by atoms with Gasteiger partial charge in [0.25, 0.3) is 0 Å². The third-order valence-electron chi connectivity index (χ3n) is 4.14. The molecule has 1 aliphatic heterocycles. The lowest BCUT2D eigenvalue weighted by Crippen LogP contribution is -2.36. The van der Waals surface area contributed by atoms with Crippen molar-refractivity contribution in [2.45, 2.75) is 38.5 Å². The van der Waals surface area contributed by atoms with E-state index in [-0.39, 0.29) is 33.6 Å². The highest BCUT2D eigenvalue weighted by Crippen LogP contribution is 2.41. The van der Waals surface area contributed by atoms with Crippen LogP contribution in [0.2, 0.25) is 0 Å². The van der Waals surface area contributed by atoms with Gasteiger partial charge < -0.3 is 19.9 Å². The highest BCUT2D eigenvalue weighted by molar-refractivity contribution is 9.10. The fourth-order valence-corrected chi connectivity index (χ4v) is 3.69. The Balaban J connectivity index is 2.07. The molecule has 28 heavy (non-hydrogen) atoms. The highest BCUT2D eigenvalue weighted by Gasteiger charge is 2.50. The van der Waals surface area contributed by atoms with Gasteiger partial charge in [-0.2, -0.15) is 5.26 Å². The number of carbonyl (C=O) groups is 2. The van der Waals surface area contributed by atoms with Crippen LogP contribution >= 0.6 is 15.9 Å². The maximum atomic E-state index is 15.3. The Hall–Kier alpha value is -2.78. The van der Waals surface area contributed by atoms with Crippen molar-refractivity contribution in [3.8, 4) is 6.07 Å². The Labute approximate surface area is 166 Å². The first-order valence-corrected chi connectivity index (χ1v) is 8.85. The molecule has 2 aromatic rings. The summed E-state index contributed by atoms with van der Waals surface area (Å²) in [5, 5.41) is 9.70. The Bertz CT molecular complexity index is 990. The molecule has 1 saturated heterocycles. The second kappa shape index (κ2) is 7.69. The molecule has 1 aliphatic rings. The van der Waals surface area contributed by atoms with Gasteiger partial charge in [-0.25, -0.2) is 14.4 Å². The molecule has 12 heteroatoms. The van der Waals surface area contributed by atoms with Crippen molar-refractivity contribution in [2.24, 2.45) is 0 Å². The van der Waals surface area contributed by atoms with Gasteiger partial charge in [0.1, 0.15) is 41.2 Å². The number of nitrogens with two attached hydrogens (primary N) is 1. The zero-order chi connectivity index (χ0) is 20.6. The smallest absolute Gasteiger partial charge is 0.303 e. The number of ether oxygens (including phenoxy) is 3. The van der Waals surface area contributed by atoms with Gasteiger partial charge in [0.05, 0.1) is 10.9 Å². The zero-order valence-corrected chi connectivity index (χ0v) is 16.3. The van der Waals surface area contributed by atoms with E-state index < -0.39 is 36.5 Å². The van der Waals surface area contributed by atoms with Crippen molar-refractivity contribution in [2.75, 3.05) is 12.3 Å². The quantitative estimate of drug-likeness (QED) is 0.675. The van der Waals surface area contributed by atoms with Gasteiger partial charge in [0.15, 0.2) is 18.5 Å². The second-order valence-corrected chi connectivity index (χ2v) is 6.74. The first-order chi connectivity index (χ1) is 13.3. The fourth-order valence-electron chi connectivity index (χ4n) is 3.03. The summed E-state index contributed by atoms with van der Waals surface area (Å²) in [5.74, 6) is -1.27. The molecule has 0 radical (unpaired) electrons. The third kappa shape index (κ3) is 3.38. The molecule has 0 saturated carbocycles. The number of nitriles is 1. The van der Waals surface area contributed by atoms with Gasteiger partial charge in [0, 0.05) is 13.8 Å². The predicted molar refractivity (Wildman–Crippen MR) is 95.3 cm³/mol. The number of hydrogen-bond donors (Lipinski definition) is 1. The normalized spacial score (nSPS) is 24.1. The summed E-state index contributed by atoms with van der Waals surface area (Å²) in [6.07, 6.45) is -4.36. The summed E-state index contributed by atoms with van der Waals surface area (Å²) in [6.45, 7) is 2.00. The number of fused-ring (bicyclic) bond motifs is 1. The third-order valence-corrected chi connectivity index (χ3v) is 4.92. The average Bonchev–Trinajstić information content (AvgIpc) is 3.07. The Kier molecular flexibility index (Phi) is 5.48. The van der Waals surface area contributed by atoms with Crippen molar-refractivity contribution in [1.82, 2.24) is 14.5 Å². The molecule has 3 rings (SSSR count). The van der Waals surface area contributed by atoms with E-state index in [4.69, 9.17) is 19.9 Å². The van der Waals surface area contributed by atoms with Crippen LogP contribution in [0.1, 0.15) is 25.6 Å². The van der Waals surface area contributed by atoms with E-state index in [1.165, 1.54) is 17.8 Å². The number of aromatic nitrogens is 3. The van der Waals surface area contributed by atoms with Crippen LogP contribution < -0.4 is 5.73 Å². The minimum absolute atomic E-state index is 0.0439. The van der Waals surface area contributed by atoms with Gasteiger partial charge in [-0.1, -0.05) is 0 Å². The van der Waals surface area contributed by atoms with Crippen molar-refractivity contribution in [3.05, 3.63) is 16.5 Å². The van der Waals surface area contributed by atoms with Crippen LogP contribution in [0.4, 0.5) is 10.2 Å². The molecule has 2 aromatic heterocycles. The number of hydrogen-bond acceptors (Lipinski definition) is 9. The van der Waals surface area contributed by atoms with Gasteiger partial charge in [-0.15, -0.1) is 0 Å². The van der Waals surface area contributed by atoms with Crippen molar-refractivity contribution >= 4 is 44.7 Å². The molecule has 1 fully saturated rings. The van der Waals surface area contributed by atoms with E-state index in [9.17, 15) is 14.9 Å². The van der Waals surface area contributed by atoms with E-state index in [1.807, 2.05) is 6.07 Å². The summed E-state index contributed by atoms with van der Waals surface area (Å²) in [7, 11) is 0. The molecule has 148 valence electrons. The van der Waals surface area contributed by atoms with Crippen LogP contribution in [0.15, 0.2) is 10.9 Å². The molecule has 0 bridgehead atoms. The lowest BCUT2D eigenvalue weighted by atomic mass is 10.1. The molecular formula is C16H15BrFN5O5. The molecular weight excluding hydrogens is 441 g/mol. The molecule has 0 aromatic carbocycles. The molecule has 0 aliphatic carbocycles. The summed E-state index contributed by atoms with van der Waals surface area (Å²) in [6, 6.07) is 1.97. The molecule has 0 unspecified atom stereocenters. The van der Waals surface area contributed by atoms with Crippen molar-refractivity contribution < 1.29 is 28.2 Å². The molecule has 10 nitrogen and oxygen atoms in total.